The van der Waals surface area contributed by atoms with Gasteiger partial charge in [-0.15, -0.1) is 0 Å². The summed E-state index contributed by atoms with van der Waals surface area (Å²) in [6.07, 6.45) is 5.08. The number of ether oxygens (including phenoxy) is 1. The summed E-state index contributed by atoms with van der Waals surface area (Å²) in [5.41, 5.74) is 6.02. The van der Waals surface area contributed by atoms with Gasteiger partial charge in [0.25, 0.3) is 0 Å². The second-order valence-electron chi connectivity index (χ2n) is 3.75. The van der Waals surface area contributed by atoms with Gasteiger partial charge in [0.15, 0.2) is 5.16 Å². The summed E-state index contributed by atoms with van der Waals surface area (Å²) in [6.45, 7) is 2.07. The number of rotatable bonds is 4. The van der Waals surface area contributed by atoms with E-state index in [0.717, 1.165) is 5.16 Å². The lowest BCUT2D eigenvalue weighted by molar-refractivity contribution is 0.0522. The van der Waals surface area contributed by atoms with Gasteiger partial charge in [-0.25, -0.2) is 14.8 Å². The Balaban J connectivity index is 2.34. The summed E-state index contributed by atoms with van der Waals surface area (Å²) in [6, 6.07) is 1.52. The van der Waals surface area contributed by atoms with Crippen molar-refractivity contribution in [1.82, 2.24) is 14.5 Å². The first-order valence-electron chi connectivity index (χ1n) is 5.69. The molecule has 2 N–H and O–H groups in total. The van der Waals surface area contributed by atoms with Crippen LogP contribution in [0.25, 0.3) is 0 Å². The molecule has 0 unspecified atom stereocenters. The molecule has 2 aromatic rings. The van der Waals surface area contributed by atoms with Crippen molar-refractivity contribution >= 4 is 23.5 Å². The summed E-state index contributed by atoms with van der Waals surface area (Å²) in [7, 11) is 1.88. The highest BCUT2D eigenvalue weighted by Gasteiger charge is 2.16. The van der Waals surface area contributed by atoms with Crippen molar-refractivity contribution < 1.29 is 9.53 Å². The highest BCUT2D eigenvalue weighted by atomic mass is 32.2. The number of pyridine rings is 1. The number of hydrogen-bond donors (Lipinski definition) is 1. The molecule has 0 aliphatic heterocycles. The quantitative estimate of drug-likeness (QED) is 0.857. The van der Waals surface area contributed by atoms with Crippen molar-refractivity contribution in [3.63, 3.8) is 0 Å². The molecule has 0 aromatic carbocycles. The second-order valence-corrected chi connectivity index (χ2v) is 4.76. The summed E-state index contributed by atoms with van der Waals surface area (Å²) < 4.78 is 6.87. The van der Waals surface area contributed by atoms with Crippen LogP contribution in [-0.2, 0) is 11.8 Å². The van der Waals surface area contributed by atoms with Crippen LogP contribution in [0.15, 0.2) is 34.7 Å². The molecule has 7 heteroatoms. The van der Waals surface area contributed by atoms with Crippen LogP contribution in [-0.4, -0.2) is 27.1 Å². The highest BCUT2D eigenvalue weighted by Crippen LogP contribution is 2.29. The molecule has 2 rings (SSSR count). The van der Waals surface area contributed by atoms with E-state index in [1.54, 1.807) is 19.3 Å². The van der Waals surface area contributed by atoms with Gasteiger partial charge in [-0.1, -0.05) is 0 Å². The molecule has 2 aromatic heterocycles. The van der Waals surface area contributed by atoms with Crippen molar-refractivity contribution in [2.24, 2.45) is 7.05 Å². The van der Waals surface area contributed by atoms with E-state index < -0.39 is 5.97 Å². The molecule has 0 saturated carbocycles. The molecule has 0 spiro atoms. The molecule has 2 heterocycles. The van der Waals surface area contributed by atoms with E-state index in [1.807, 2.05) is 17.8 Å². The van der Waals surface area contributed by atoms with Gasteiger partial charge >= 0.3 is 5.97 Å². The molecule has 0 aliphatic rings. The van der Waals surface area contributed by atoms with E-state index >= 15 is 0 Å². The Hall–Kier alpha value is -2.02. The summed E-state index contributed by atoms with van der Waals surface area (Å²) in [5, 5.41) is 0.761. The van der Waals surface area contributed by atoms with Gasteiger partial charge in [-0.2, -0.15) is 0 Å². The van der Waals surface area contributed by atoms with Crippen molar-refractivity contribution in [1.29, 1.82) is 0 Å². The maximum absolute atomic E-state index is 11.9. The maximum Gasteiger partial charge on any atom is 0.339 e. The van der Waals surface area contributed by atoms with Gasteiger partial charge < -0.3 is 15.0 Å². The van der Waals surface area contributed by atoms with E-state index in [0.29, 0.717) is 17.1 Å². The highest BCUT2D eigenvalue weighted by molar-refractivity contribution is 7.99. The molecule has 6 nitrogen and oxygen atoms in total. The first-order chi connectivity index (χ1) is 9.11. The topological polar surface area (TPSA) is 83.0 Å². The largest absolute Gasteiger partial charge is 0.462 e. The molecule has 0 fully saturated rings. The van der Waals surface area contributed by atoms with Gasteiger partial charge in [0.1, 0.15) is 5.82 Å². The number of carbonyl (C=O) groups excluding carboxylic acids is 1. The Kier molecular flexibility index (Phi) is 4.06. The third-order valence-electron chi connectivity index (χ3n) is 2.36. The first kappa shape index (κ1) is 13.4. The summed E-state index contributed by atoms with van der Waals surface area (Å²) in [5.74, 6) is -0.124. The Morgan fingerprint density at radius 1 is 1.53 bits per heavy atom. The van der Waals surface area contributed by atoms with Crippen molar-refractivity contribution in [2.45, 2.75) is 17.0 Å². The van der Waals surface area contributed by atoms with Crippen molar-refractivity contribution in [2.75, 3.05) is 12.3 Å². The number of aryl methyl sites for hydroxylation is 1. The van der Waals surface area contributed by atoms with Gasteiger partial charge in [0.2, 0.25) is 0 Å². The molecule has 0 radical (unpaired) electrons. The number of hydrogen-bond acceptors (Lipinski definition) is 6. The van der Waals surface area contributed by atoms with Crippen LogP contribution in [0.4, 0.5) is 5.82 Å². The van der Waals surface area contributed by atoms with Crippen LogP contribution in [0.2, 0.25) is 0 Å². The van der Waals surface area contributed by atoms with Crippen molar-refractivity contribution in [3.05, 3.63) is 30.2 Å². The second kappa shape index (κ2) is 5.75. The van der Waals surface area contributed by atoms with Crippen LogP contribution < -0.4 is 5.73 Å². The molecular weight excluding hydrogens is 264 g/mol. The van der Waals surface area contributed by atoms with Crippen LogP contribution in [0.3, 0.4) is 0 Å². The van der Waals surface area contributed by atoms with E-state index in [4.69, 9.17) is 10.5 Å². The zero-order valence-electron chi connectivity index (χ0n) is 10.7. The Morgan fingerprint density at radius 3 is 2.95 bits per heavy atom. The number of imidazole rings is 1. The Morgan fingerprint density at radius 2 is 2.32 bits per heavy atom. The predicted octanol–water partition coefficient (Wildman–Crippen LogP) is 1.73. The van der Waals surface area contributed by atoms with Gasteiger partial charge in [-0.3, -0.25) is 0 Å². The third-order valence-corrected chi connectivity index (χ3v) is 3.48. The molecule has 0 atom stereocenters. The van der Waals surface area contributed by atoms with Crippen LogP contribution >= 0.6 is 11.8 Å². The number of esters is 1. The monoisotopic (exact) mass is 278 g/mol. The van der Waals surface area contributed by atoms with Gasteiger partial charge in [-0.05, 0) is 24.8 Å². The van der Waals surface area contributed by atoms with E-state index in [1.165, 1.54) is 17.8 Å². The zero-order valence-corrected chi connectivity index (χ0v) is 11.5. The van der Waals surface area contributed by atoms with E-state index in [9.17, 15) is 4.79 Å². The van der Waals surface area contributed by atoms with Crippen LogP contribution in [0.1, 0.15) is 17.3 Å². The first-order valence-corrected chi connectivity index (χ1v) is 6.51. The van der Waals surface area contributed by atoms with Gasteiger partial charge in [0.05, 0.1) is 12.2 Å². The number of anilines is 1. The fraction of sp³-hybridized carbons (Fsp3) is 0.250. The molecule has 100 valence electrons. The SMILES string of the molecule is CCOC(=O)c1cc(N)ncc1Sc1nccn1C. The lowest BCUT2D eigenvalue weighted by Crippen LogP contribution is -2.08. The Labute approximate surface area is 115 Å². The molecular formula is C12H14N4O2S. The minimum absolute atomic E-state index is 0.284. The molecule has 0 amide bonds. The summed E-state index contributed by atoms with van der Waals surface area (Å²) >= 11 is 1.34. The van der Waals surface area contributed by atoms with Crippen molar-refractivity contribution in [3.8, 4) is 0 Å². The zero-order chi connectivity index (χ0) is 13.8. The number of carbonyl (C=O) groups is 1. The standard InChI is InChI=1S/C12H14N4O2S/c1-3-18-11(17)8-6-10(13)15-7-9(8)19-12-14-4-5-16(12)2/h4-7H,3H2,1-2H3,(H2,13,15). The number of nitrogens with two attached hydrogens (primary N) is 1. The molecule has 0 aliphatic carbocycles. The number of nitrogens with zero attached hydrogens (tertiary/aromatic N) is 3. The minimum Gasteiger partial charge on any atom is -0.462 e. The molecule has 19 heavy (non-hydrogen) atoms. The minimum atomic E-state index is -0.409. The smallest absolute Gasteiger partial charge is 0.339 e. The summed E-state index contributed by atoms with van der Waals surface area (Å²) in [4.78, 5) is 20.8. The lowest BCUT2D eigenvalue weighted by atomic mass is 10.2. The predicted molar refractivity (Wildman–Crippen MR) is 71.9 cm³/mol. The maximum atomic E-state index is 11.9. The fourth-order valence-corrected chi connectivity index (χ4v) is 2.33. The number of aromatic nitrogens is 3. The fourth-order valence-electron chi connectivity index (χ4n) is 1.46. The third kappa shape index (κ3) is 3.05. The average Bonchev–Trinajstić information content (AvgIpc) is 2.77. The average molecular weight is 278 g/mol. The van der Waals surface area contributed by atoms with Gasteiger partial charge in [0, 0.05) is 30.5 Å². The lowest BCUT2D eigenvalue weighted by Gasteiger charge is -2.08. The van der Waals surface area contributed by atoms with Crippen LogP contribution in [0, 0.1) is 0 Å². The molecule has 0 saturated heterocycles. The van der Waals surface area contributed by atoms with E-state index in [-0.39, 0.29) is 5.82 Å². The normalized spacial score (nSPS) is 10.4. The van der Waals surface area contributed by atoms with E-state index in [2.05, 4.69) is 9.97 Å². The Bertz CT molecular complexity index is 597. The molecule has 0 bridgehead atoms. The van der Waals surface area contributed by atoms with Crippen LogP contribution in [0.5, 0.6) is 0 Å². The number of nitrogen functional groups attached to an aromatic ring is 1.